The highest BCUT2D eigenvalue weighted by Crippen LogP contribution is 2.25. The standard InChI is InChI=1S/C16H19N3/c1-12-6-5-7-14(10-12)17-18-16-9-8-15(19(3)4)11-13(16)2/h5-11H,1-4H3. The Kier molecular flexibility index (Phi) is 3.95. The van der Waals surface area contributed by atoms with Gasteiger partial charge in [0, 0.05) is 19.8 Å². The van der Waals surface area contributed by atoms with E-state index in [0.717, 1.165) is 16.9 Å². The number of hydrogen-bond acceptors (Lipinski definition) is 3. The molecule has 2 aromatic rings. The molecule has 0 heterocycles. The predicted molar refractivity (Wildman–Crippen MR) is 80.9 cm³/mol. The summed E-state index contributed by atoms with van der Waals surface area (Å²) >= 11 is 0. The summed E-state index contributed by atoms with van der Waals surface area (Å²) in [5.74, 6) is 0. The van der Waals surface area contributed by atoms with Crippen molar-refractivity contribution in [1.82, 2.24) is 0 Å². The zero-order chi connectivity index (χ0) is 13.8. The van der Waals surface area contributed by atoms with Gasteiger partial charge in [0.2, 0.25) is 0 Å². The monoisotopic (exact) mass is 253 g/mol. The SMILES string of the molecule is Cc1cccc(N=Nc2ccc(N(C)C)cc2C)c1. The van der Waals surface area contributed by atoms with Crippen LogP contribution in [0.3, 0.4) is 0 Å². The van der Waals surface area contributed by atoms with E-state index in [0.29, 0.717) is 0 Å². The van der Waals surface area contributed by atoms with Crippen molar-refractivity contribution in [2.75, 3.05) is 19.0 Å². The normalized spacial score (nSPS) is 10.9. The average Bonchev–Trinajstić information content (AvgIpc) is 2.37. The maximum atomic E-state index is 4.32. The molecule has 3 heteroatoms. The molecule has 0 saturated carbocycles. The minimum absolute atomic E-state index is 0.885. The van der Waals surface area contributed by atoms with Crippen LogP contribution in [0.15, 0.2) is 52.7 Å². The minimum Gasteiger partial charge on any atom is -0.378 e. The lowest BCUT2D eigenvalue weighted by molar-refractivity contribution is 1.12. The van der Waals surface area contributed by atoms with Crippen LogP contribution in [0.5, 0.6) is 0 Å². The van der Waals surface area contributed by atoms with E-state index in [9.17, 15) is 0 Å². The zero-order valence-corrected chi connectivity index (χ0v) is 11.9. The lowest BCUT2D eigenvalue weighted by atomic mass is 10.2. The Morgan fingerprint density at radius 3 is 2.32 bits per heavy atom. The molecule has 0 fully saturated rings. The van der Waals surface area contributed by atoms with E-state index in [-0.39, 0.29) is 0 Å². The molecule has 0 N–H and O–H groups in total. The van der Waals surface area contributed by atoms with Crippen LogP contribution in [0.4, 0.5) is 17.1 Å². The van der Waals surface area contributed by atoms with Crippen LogP contribution < -0.4 is 4.90 Å². The lowest BCUT2D eigenvalue weighted by Gasteiger charge is -2.13. The third-order valence-corrected chi connectivity index (χ3v) is 2.97. The molecule has 0 amide bonds. The van der Waals surface area contributed by atoms with Crippen molar-refractivity contribution >= 4 is 17.1 Å². The first kappa shape index (κ1) is 13.3. The molecule has 0 bridgehead atoms. The van der Waals surface area contributed by atoms with Crippen molar-refractivity contribution < 1.29 is 0 Å². The first-order valence-corrected chi connectivity index (χ1v) is 6.32. The zero-order valence-electron chi connectivity index (χ0n) is 11.9. The van der Waals surface area contributed by atoms with E-state index < -0.39 is 0 Å². The molecule has 98 valence electrons. The summed E-state index contributed by atoms with van der Waals surface area (Å²) in [7, 11) is 4.06. The second-order valence-electron chi connectivity index (χ2n) is 4.90. The van der Waals surface area contributed by atoms with Crippen molar-refractivity contribution in [2.45, 2.75) is 13.8 Å². The van der Waals surface area contributed by atoms with Gasteiger partial charge in [-0.15, -0.1) is 0 Å². The number of hydrogen-bond donors (Lipinski definition) is 0. The van der Waals surface area contributed by atoms with Gasteiger partial charge >= 0.3 is 0 Å². The predicted octanol–water partition coefficient (Wildman–Crippen LogP) is 4.78. The van der Waals surface area contributed by atoms with Crippen molar-refractivity contribution in [3.63, 3.8) is 0 Å². The molecule has 0 atom stereocenters. The summed E-state index contributed by atoms with van der Waals surface area (Å²) < 4.78 is 0. The Morgan fingerprint density at radius 1 is 0.895 bits per heavy atom. The molecule has 0 radical (unpaired) electrons. The summed E-state index contributed by atoms with van der Waals surface area (Å²) in [5, 5.41) is 8.61. The van der Waals surface area contributed by atoms with E-state index in [2.05, 4.69) is 47.2 Å². The fraction of sp³-hybridized carbons (Fsp3) is 0.250. The highest BCUT2D eigenvalue weighted by Gasteiger charge is 2.00. The van der Waals surface area contributed by atoms with Gasteiger partial charge < -0.3 is 4.90 Å². The van der Waals surface area contributed by atoms with Crippen LogP contribution in [0.1, 0.15) is 11.1 Å². The van der Waals surface area contributed by atoms with Gasteiger partial charge in [-0.25, -0.2) is 0 Å². The van der Waals surface area contributed by atoms with Gasteiger partial charge in [-0.3, -0.25) is 0 Å². The van der Waals surface area contributed by atoms with Crippen molar-refractivity contribution in [3.05, 3.63) is 53.6 Å². The van der Waals surface area contributed by atoms with Gasteiger partial charge in [0.25, 0.3) is 0 Å². The number of benzene rings is 2. The van der Waals surface area contributed by atoms with E-state index in [1.165, 1.54) is 11.3 Å². The van der Waals surface area contributed by atoms with Gasteiger partial charge in [-0.2, -0.15) is 10.2 Å². The van der Waals surface area contributed by atoms with Crippen LogP contribution in [0, 0.1) is 13.8 Å². The molecule has 0 aromatic heterocycles. The van der Waals surface area contributed by atoms with Crippen LogP contribution >= 0.6 is 0 Å². The van der Waals surface area contributed by atoms with E-state index in [1.807, 2.05) is 38.4 Å². The molecule has 0 saturated heterocycles. The Labute approximate surface area is 114 Å². The molecule has 19 heavy (non-hydrogen) atoms. The molecule has 0 spiro atoms. The first-order valence-electron chi connectivity index (χ1n) is 6.32. The van der Waals surface area contributed by atoms with Crippen molar-refractivity contribution in [3.8, 4) is 0 Å². The molecule has 0 unspecified atom stereocenters. The van der Waals surface area contributed by atoms with E-state index >= 15 is 0 Å². The maximum Gasteiger partial charge on any atom is 0.0887 e. The first-order chi connectivity index (χ1) is 9.06. The van der Waals surface area contributed by atoms with Gasteiger partial charge in [-0.1, -0.05) is 12.1 Å². The highest BCUT2D eigenvalue weighted by atomic mass is 15.1. The third kappa shape index (κ3) is 3.41. The van der Waals surface area contributed by atoms with E-state index in [1.54, 1.807) is 0 Å². The fourth-order valence-electron chi connectivity index (χ4n) is 1.83. The molecule has 3 nitrogen and oxygen atoms in total. The fourth-order valence-corrected chi connectivity index (χ4v) is 1.83. The summed E-state index contributed by atoms with van der Waals surface area (Å²) in [4.78, 5) is 2.08. The van der Waals surface area contributed by atoms with E-state index in [4.69, 9.17) is 0 Å². The molecular formula is C16H19N3. The Hall–Kier alpha value is -2.16. The Bertz CT molecular complexity index is 601. The molecule has 0 aliphatic heterocycles. The molecule has 0 aliphatic rings. The van der Waals surface area contributed by atoms with Crippen molar-refractivity contribution in [1.29, 1.82) is 0 Å². The smallest absolute Gasteiger partial charge is 0.0887 e. The van der Waals surface area contributed by atoms with Gasteiger partial charge in [0.05, 0.1) is 11.4 Å². The number of azo groups is 1. The highest BCUT2D eigenvalue weighted by molar-refractivity contribution is 5.57. The van der Waals surface area contributed by atoms with Gasteiger partial charge in [0.1, 0.15) is 0 Å². The topological polar surface area (TPSA) is 28.0 Å². The summed E-state index contributed by atoms with van der Waals surface area (Å²) in [6, 6.07) is 14.2. The van der Waals surface area contributed by atoms with Crippen molar-refractivity contribution in [2.24, 2.45) is 10.2 Å². The van der Waals surface area contributed by atoms with Crippen LogP contribution in [0.2, 0.25) is 0 Å². The molecular weight excluding hydrogens is 234 g/mol. The summed E-state index contributed by atoms with van der Waals surface area (Å²) in [6.07, 6.45) is 0. The van der Waals surface area contributed by atoms with Crippen LogP contribution in [-0.4, -0.2) is 14.1 Å². The van der Waals surface area contributed by atoms with Gasteiger partial charge in [0.15, 0.2) is 0 Å². The largest absolute Gasteiger partial charge is 0.378 e. The Morgan fingerprint density at radius 2 is 1.68 bits per heavy atom. The number of nitrogens with zero attached hydrogens (tertiary/aromatic N) is 3. The van der Waals surface area contributed by atoms with Crippen LogP contribution in [0.25, 0.3) is 0 Å². The second kappa shape index (κ2) is 5.65. The maximum absolute atomic E-state index is 4.32. The molecule has 0 aliphatic carbocycles. The lowest BCUT2D eigenvalue weighted by Crippen LogP contribution is -2.08. The summed E-state index contributed by atoms with van der Waals surface area (Å²) in [6.45, 7) is 4.10. The Balaban J connectivity index is 2.24. The number of rotatable bonds is 3. The second-order valence-corrected chi connectivity index (χ2v) is 4.90. The molecule has 2 rings (SSSR count). The minimum atomic E-state index is 0.885. The van der Waals surface area contributed by atoms with Crippen LogP contribution in [-0.2, 0) is 0 Å². The summed E-state index contributed by atoms with van der Waals surface area (Å²) in [5.41, 5.74) is 5.29. The number of anilines is 1. The van der Waals surface area contributed by atoms with Gasteiger partial charge in [-0.05, 0) is 55.3 Å². The molecule has 2 aromatic carbocycles. The quantitative estimate of drug-likeness (QED) is 0.723. The average molecular weight is 253 g/mol. The third-order valence-electron chi connectivity index (χ3n) is 2.97. The number of aryl methyl sites for hydroxylation is 2.